The molecule has 0 aromatic heterocycles. The monoisotopic (exact) mass is 382 g/mol. The van der Waals surface area contributed by atoms with Gasteiger partial charge in [-0.3, -0.25) is 4.79 Å². The number of hydrogen-bond acceptors (Lipinski definition) is 4. The molecular weight excluding hydrogens is 352 g/mol. The van der Waals surface area contributed by atoms with Crippen LogP contribution in [0.1, 0.15) is 49.9 Å². The lowest BCUT2D eigenvalue weighted by Gasteiger charge is -2.44. The lowest BCUT2D eigenvalue weighted by Crippen LogP contribution is -2.47. The summed E-state index contributed by atoms with van der Waals surface area (Å²) in [6, 6.07) is 5.52. The summed E-state index contributed by atoms with van der Waals surface area (Å²) in [4.78, 5) is 14.9. The largest absolute Gasteiger partial charge is 0.490 e. The molecule has 0 aliphatic carbocycles. The molecule has 2 heterocycles. The van der Waals surface area contributed by atoms with Crippen molar-refractivity contribution in [3.8, 4) is 11.5 Å². The van der Waals surface area contributed by atoms with E-state index in [1.165, 1.54) is 12.8 Å². The van der Waals surface area contributed by atoms with Crippen molar-refractivity contribution in [2.75, 3.05) is 39.4 Å². The number of amides is 1. The average molecular weight is 383 g/mol. The Morgan fingerprint density at radius 3 is 2.27 bits per heavy atom. The minimum absolute atomic E-state index is 0. The molecule has 1 aromatic carbocycles. The van der Waals surface area contributed by atoms with Crippen molar-refractivity contribution in [3.63, 3.8) is 0 Å². The van der Waals surface area contributed by atoms with Crippen LogP contribution in [-0.2, 0) is 0 Å². The maximum absolute atomic E-state index is 12.9. The van der Waals surface area contributed by atoms with E-state index in [4.69, 9.17) is 9.47 Å². The summed E-state index contributed by atoms with van der Waals surface area (Å²) in [5, 5.41) is 3.44. The Labute approximate surface area is 162 Å². The molecule has 1 spiro atoms. The van der Waals surface area contributed by atoms with Gasteiger partial charge in [-0.15, -0.1) is 12.4 Å². The first-order valence-electron chi connectivity index (χ1n) is 9.57. The van der Waals surface area contributed by atoms with Gasteiger partial charge in [-0.1, -0.05) is 0 Å². The van der Waals surface area contributed by atoms with E-state index >= 15 is 0 Å². The highest BCUT2D eigenvalue weighted by atomic mass is 35.5. The van der Waals surface area contributed by atoms with E-state index in [1.54, 1.807) is 0 Å². The average Bonchev–Trinajstić information content (AvgIpc) is 2.64. The summed E-state index contributed by atoms with van der Waals surface area (Å²) in [6.07, 6.45) is 4.73. The standard InChI is InChI=1S/C20H30N2O3.ClH/c1-3-24-17-6-5-16(15-18(17)25-4-2)19(23)22-13-9-20(10-14-22)7-11-21-12-8-20;/h5-6,15,21H,3-4,7-14H2,1-2H3;1H. The minimum atomic E-state index is 0. The number of benzene rings is 1. The molecule has 2 fully saturated rings. The second-order valence-electron chi connectivity index (χ2n) is 7.07. The van der Waals surface area contributed by atoms with Crippen molar-refractivity contribution in [1.82, 2.24) is 10.2 Å². The molecule has 0 atom stereocenters. The highest BCUT2D eigenvalue weighted by Crippen LogP contribution is 2.40. The number of nitrogens with one attached hydrogen (secondary N) is 1. The third-order valence-electron chi connectivity index (χ3n) is 5.57. The van der Waals surface area contributed by atoms with Gasteiger partial charge in [0.05, 0.1) is 13.2 Å². The fourth-order valence-corrected chi connectivity index (χ4v) is 4.01. The molecule has 146 valence electrons. The predicted molar refractivity (Wildman–Crippen MR) is 106 cm³/mol. The lowest BCUT2D eigenvalue weighted by atomic mass is 9.71. The smallest absolute Gasteiger partial charge is 0.253 e. The number of piperidine rings is 2. The summed E-state index contributed by atoms with van der Waals surface area (Å²) >= 11 is 0. The molecule has 1 N–H and O–H groups in total. The van der Waals surface area contributed by atoms with Crippen LogP contribution in [-0.4, -0.2) is 50.2 Å². The van der Waals surface area contributed by atoms with Crippen molar-refractivity contribution in [1.29, 1.82) is 0 Å². The van der Waals surface area contributed by atoms with Crippen molar-refractivity contribution in [2.45, 2.75) is 39.5 Å². The van der Waals surface area contributed by atoms with Crippen molar-refractivity contribution < 1.29 is 14.3 Å². The summed E-state index contributed by atoms with van der Waals surface area (Å²) in [5.74, 6) is 1.46. The Hall–Kier alpha value is -1.46. The molecule has 6 heteroatoms. The van der Waals surface area contributed by atoms with Crippen molar-refractivity contribution in [3.05, 3.63) is 23.8 Å². The van der Waals surface area contributed by atoms with E-state index in [1.807, 2.05) is 36.9 Å². The molecule has 26 heavy (non-hydrogen) atoms. The van der Waals surface area contributed by atoms with Gasteiger partial charge in [0.1, 0.15) is 0 Å². The number of hydrogen-bond donors (Lipinski definition) is 1. The van der Waals surface area contributed by atoms with Crippen LogP contribution in [0.15, 0.2) is 18.2 Å². The van der Waals surface area contributed by atoms with Crippen LogP contribution in [0.3, 0.4) is 0 Å². The van der Waals surface area contributed by atoms with Gasteiger partial charge < -0.3 is 19.7 Å². The molecule has 2 aliphatic heterocycles. The zero-order chi connectivity index (χ0) is 17.7. The number of carbonyl (C=O) groups excluding carboxylic acids is 1. The number of nitrogens with zero attached hydrogens (tertiary/aromatic N) is 1. The first-order chi connectivity index (χ1) is 12.2. The van der Waals surface area contributed by atoms with Crippen molar-refractivity contribution in [2.24, 2.45) is 5.41 Å². The molecule has 2 aliphatic rings. The Bertz CT molecular complexity index is 593. The van der Waals surface area contributed by atoms with Crippen LogP contribution < -0.4 is 14.8 Å². The quantitative estimate of drug-likeness (QED) is 0.846. The Kier molecular flexibility index (Phi) is 7.59. The maximum atomic E-state index is 12.9. The van der Waals surface area contributed by atoms with Gasteiger partial charge in [0.25, 0.3) is 5.91 Å². The first-order valence-corrected chi connectivity index (χ1v) is 9.57. The predicted octanol–water partition coefficient (Wildman–Crippen LogP) is 3.51. The second kappa shape index (κ2) is 9.47. The van der Waals surface area contributed by atoms with Gasteiger partial charge in [-0.05, 0) is 76.2 Å². The number of ether oxygens (including phenoxy) is 2. The molecule has 5 nitrogen and oxygen atoms in total. The number of halogens is 1. The van der Waals surface area contributed by atoms with Crippen LogP contribution in [0.2, 0.25) is 0 Å². The van der Waals surface area contributed by atoms with Gasteiger partial charge in [0.15, 0.2) is 11.5 Å². The molecule has 1 amide bonds. The van der Waals surface area contributed by atoms with Gasteiger partial charge in [-0.25, -0.2) is 0 Å². The van der Waals surface area contributed by atoms with E-state index in [2.05, 4.69) is 5.32 Å². The van der Waals surface area contributed by atoms with Crippen LogP contribution in [0.5, 0.6) is 11.5 Å². The van der Waals surface area contributed by atoms with Gasteiger partial charge in [0, 0.05) is 18.7 Å². The molecular formula is C20H31ClN2O3. The molecule has 0 radical (unpaired) electrons. The summed E-state index contributed by atoms with van der Waals surface area (Å²) in [7, 11) is 0. The highest BCUT2D eigenvalue weighted by molar-refractivity contribution is 5.95. The molecule has 2 saturated heterocycles. The lowest BCUT2D eigenvalue weighted by molar-refractivity contribution is 0.0495. The number of rotatable bonds is 5. The van der Waals surface area contributed by atoms with Crippen molar-refractivity contribution >= 4 is 18.3 Å². The van der Waals surface area contributed by atoms with E-state index in [9.17, 15) is 4.79 Å². The van der Waals surface area contributed by atoms with E-state index < -0.39 is 0 Å². The van der Waals surface area contributed by atoms with Gasteiger partial charge in [-0.2, -0.15) is 0 Å². The Morgan fingerprint density at radius 1 is 1.04 bits per heavy atom. The van der Waals surface area contributed by atoms with Crippen LogP contribution in [0.25, 0.3) is 0 Å². The molecule has 0 saturated carbocycles. The van der Waals surface area contributed by atoms with Gasteiger partial charge >= 0.3 is 0 Å². The molecule has 0 bridgehead atoms. The Balaban J connectivity index is 0.00000243. The van der Waals surface area contributed by atoms with E-state index in [-0.39, 0.29) is 18.3 Å². The number of carbonyl (C=O) groups is 1. The third-order valence-corrected chi connectivity index (χ3v) is 5.57. The molecule has 3 rings (SSSR count). The normalized spacial score (nSPS) is 18.9. The SMILES string of the molecule is CCOc1ccc(C(=O)N2CCC3(CCNCC3)CC2)cc1OCC.Cl. The van der Waals surface area contributed by atoms with Crippen LogP contribution in [0.4, 0.5) is 0 Å². The number of likely N-dealkylation sites (tertiary alicyclic amines) is 1. The highest BCUT2D eigenvalue weighted by Gasteiger charge is 2.36. The molecule has 0 unspecified atom stereocenters. The van der Waals surface area contributed by atoms with Gasteiger partial charge in [0.2, 0.25) is 0 Å². The Morgan fingerprint density at radius 2 is 1.65 bits per heavy atom. The second-order valence-corrected chi connectivity index (χ2v) is 7.07. The summed E-state index contributed by atoms with van der Waals surface area (Å²) in [5.41, 5.74) is 1.14. The zero-order valence-electron chi connectivity index (χ0n) is 15.9. The summed E-state index contributed by atoms with van der Waals surface area (Å²) in [6.45, 7) is 8.96. The minimum Gasteiger partial charge on any atom is -0.490 e. The van der Waals surface area contributed by atoms with E-state index in [0.717, 1.165) is 39.0 Å². The molecule has 1 aromatic rings. The third kappa shape index (κ3) is 4.63. The first kappa shape index (κ1) is 20.8. The maximum Gasteiger partial charge on any atom is 0.253 e. The summed E-state index contributed by atoms with van der Waals surface area (Å²) < 4.78 is 11.2. The zero-order valence-corrected chi connectivity index (χ0v) is 16.7. The topological polar surface area (TPSA) is 50.8 Å². The van der Waals surface area contributed by atoms with Crippen LogP contribution >= 0.6 is 12.4 Å². The van der Waals surface area contributed by atoms with E-state index in [0.29, 0.717) is 35.7 Å². The van der Waals surface area contributed by atoms with Crippen LogP contribution in [0, 0.1) is 5.41 Å². The fraction of sp³-hybridized carbons (Fsp3) is 0.650. The fourth-order valence-electron chi connectivity index (χ4n) is 4.01.